The number of nitrogens with zero attached hydrogens (tertiary/aromatic N) is 2. The van der Waals surface area contributed by atoms with Gasteiger partial charge in [0.2, 0.25) is 0 Å². The molecule has 6 heteroatoms. The van der Waals surface area contributed by atoms with Gasteiger partial charge in [-0.25, -0.2) is 0 Å². The summed E-state index contributed by atoms with van der Waals surface area (Å²) in [4.78, 5) is 14.2. The van der Waals surface area contributed by atoms with Gasteiger partial charge in [0.05, 0.1) is 23.4 Å². The van der Waals surface area contributed by atoms with Gasteiger partial charge >= 0.3 is 0 Å². The van der Waals surface area contributed by atoms with Gasteiger partial charge in [0.1, 0.15) is 0 Å². The maximum atomic E-state index is 10.7. The van der Waals surface area contributed by atoms with E-state index in [1.165, 1.54) is 12.1 Å². The molecule has 0 radical (unpaired) electrons. The molecule has 98 valence electrons. The third kappa shape index (κ3) is 3.26. The molecule has 1 aromatic carbocycles. The van der Waals surface area contributed by atoms with Gasteiger partial charge in [-0.2, -0.15) is 0 Å². The predicted molar refractivity (Wildman–Crippen MR) is 70.6 cm³/mol. The van der Waals surface area contributed by atoms with Crippen LogP contribution in [0.3, 0.4) is 0 Å². The average Bonchev–Trinajstić information content (AvgIpc) is 2.45. The number of hydrogen-bond acceptors (Lipinski definition) is 5. The molecule has 0 aliphatic rings. The molecule has 2 N–H and O–H groups in total. The van der Waals surface area contributed by atoms with Crippen molar-refractivity contribution < 1.29 is 10.0 Å². The van der Waals surface area contributed by atoms with Gasteiger partial charge in [-0.1, -0.05) is 12.1 Å². The van der Waals surface area contributed by atoms with Crippen molar-refractivity contribution >= 4 is 11.4 Å². The van der Waals surface area contributed by atoms with Crippen LogP contribution in [0.2, 0.25) is 0 Å². The van der Waals surface area contributed by atoms with E-state index in [0.29, 0.717) is 6.54 Å². The van der Waals surface area contributed by atoms with Gasteiger partial charge in [-0.3, -0.25) is 15.1 Å². The van der Waals surface area contributed by atoms with E-state index in [2.05, 4.69) is 10.3 Å². The highest BCUT2D eigenvalue weighted by Crippen LogP contribution is 2.17. The average molecular weight is 259 g/mol. The number of nitrogens with one attached hydrogen (secondary N) is 1. The van der Waals surface area contributed by atoms with Crippen LogP contribution < -0.4 is 5.32 Å². The fourth-order valence-electron chi connectivity index (χ4n) is 1.70. The van der Waals surface area contributed by atoms with Crippen molar-refractivity contribution in [3.63, 3.8) is 0 Å². The number of pyridine rings is 1. The van der Waals surface area contributed by atoms with E-state index in [-0.39, 0.29) is 12.3 Å². The Morgan fingerprint density at radius 1 is 1.37 bits per heavy atom. The molecule has 1 aromatic heterocycles. The molecule has 6 nitrogen and oxygen atoms in total. The van der Waals surface area contributed by atoms with E-state index in [1.54, 1.807) is 30.6 Å². The summed E-state index contributed by atoms with van der Waals surface area (Å²) < 4.78 is 0. The van der Waals surface area contributed by atoms with Crippen molar-refractivity contribution in [2.24, 2.45) is 0 Å². The SMILES string of the molecule is O=[N+]([O-])c1cccc(CNc2cnccc2CO)c1. The van der Waals surface area contributed by atoms with E-state index in [1.807, 2.05) is 0 Å². The van der Waals surface area contributed by atoms with Crippen LogP contribution in [-0.4, -0.2) is 15.0 Å². The number of anilines is 1. The Kier molecular flexibility index (Phi) is 4.04. The molecule has 2 rings (SSSR count). The molecule has 1 heterocycles. The zero-order valence-corrected chi connectivity index (χ0v) is 10.1. The number of benzene rings is 1. The second-order valence-electron chi connectivity index (χ2n) is 3.97. The molecule has 0 atom stereocenters. The third-order valence-electron chi connectivity index (χ3n) is 2.69. The lowest BCUT2D eigenvalue weighted by Gasteiger charge is -2.09. The number of aromatic nitrogens is 1. The summed E-state index contributed by atoms with van der Waals surface area (Å²) in [7, 11) is 0. The predicted octanol–water partition coefficient (Wildman–Crippen LogP) is 2.09. The lowest BCUT2D eigenvalue weighted by Crippen LogP contribution is -2.03. The minimum absolute atomic E-state index is 0.0628. The Morgan fingerprint density at radius 2 is 2.21 bits per heavy atom. The highest BCUT2D eigenvalue weighted by molar-refractivity contribution is 5.49. The maximum Gasteiger partial charge on any atom is 0.269 e. The van der Waals surface area contributed by atoms with E-state index in [4.69, 9.17) is 0 Å². The molecule has 0 aliphatic carbocycles. The molecule has 0 bridgehead atoms. The van der Waals surface area contributed by atoms with E-state index >= 15 is 0 Å². The van der Waals surface area contributed by atoms with Crippen molar-refractivity contribution in [3.05, 3.63) is 64.0 Å². The highest BCUT2D eigenvalue weighted by Gasteiger charge is 2.06. The second-order valence-corrected chi connectivity index (χ2v) is 3.97. The number of non-ortho nitro benzene ring substituents is 1. The number of hydrogen-bond donors (Lipinski definition) is 2. The Morgan fingerprint density at radius 3 is 2.95 bits per heavy atom. The van der Waals surface area contributed by atoms with E-state index < -0.39 is 4.92 Å². The molecule has 0 amide bonds. The molecule has 0 unspecified atom stereocenters. The first kappa shape index (κ1) is 13.0. The molecule has 0 saturated carbocycles. The molecular formula is C13H13N3O3. The molecule has 0 fully saturated rings. The third-order valence-corrected chi connectivity index (χ3v) is 2.69. The largest absolute Gasteiger partial charge is 0.392 e. The topological polar surface area (TPSA) is 88.3 Å². The first-order valence-corrected chi connectivity index (χ1v) is 5.71. The van der Waals surface area contributed by atoms with Gasteiger partial charge in [0.15, 0.2) is 0 Å². The maximum absolute atomic E-state index is 10.7. The van der Waals surface area contributed by atoms with Crippen molar-refractivity contribution in [1.82, 2.24) is 4.98 Å². The van der Waals surface area contributed by atoms with Crippen LogP contribution in [0.4, 0.5) is 11.4 Å². The van der Waals surface area contributed by atoms with Gasteiger partial charge in [-0.05, 0) is 11.6 Å². The zero-order valence-electron chi connectivity index (χ0n) is 10.1. The van der Waals surface area contributed by atoms with Crippen LogP contribution >= 0.6 is 0 Å². The van der Waals surface area contributed by atoms with Crippen molar-refractivity contribution in [2.75, 3.05) is 5.32 Å². The van der Waals surface area contributed by atoms with Crippen LogP contribution in [0.15, 0.2) is 42.7 Å². The number of aliphatic hydroxyl groups is 1. The van der Waals surface area contributed by atoms with Crippen LogP contribution in [0, 0.1) is 10.1 Å². The molecule has 0 saturated heterocycles. The first-order chi connectivity index (χ1) is 9.20. The lowest BCUT2D eigenvalue weighted by molar-refractivity contribution is -0.384. The summed E-state index contributed by atoms with van der Waals surface area (Å²) in [5.74, 6) is 0. The number of nitro benzene ring substituents is 1. The summed E-state index contributed by atoms with van der Waals surface area (Å²) in [6.45, 7) is 0.347. The number of rotatable bonds is 5. The van der Waals surface area contributed by atoms with Crippen molar-refractivity contribution in [2.45, 2.75) is 13.2 Å². The van der Waals surface area contributed by atoms with Crippen LogP contribution in [0.5, 0.6) is 0 Å². The minimum atomic E-state index is -0.424. The van der Waals surface area contributed by atoms with E-state index in [0.717, 1.165) is 16.8 Å². The van der Waals surface area contributed by atoms with Gasteiger partial charge < -0.3 is 10.4 Å². The minimum Gasteiger partial charge on any atom is -0.392 e. The standard InChI is InChI=1S/C13H13N3O3/c17-9-11-4-5-14-8-13(11)15-7-10-2-1-3-12(6-10)16(18)19/h1-6,8,15,17H,7,9H2. The summed E-state index contributed by atoms with van der Waals surface area (Å²) in [5, 5.41) is 22.9. The number of aliphatic hydroxyl groups excluding tert-OH is 1. The summed E-state index contributed by atoms with van der Waals surface area (Å²) in [6.07, 6.45) is 3.22. The Hall–Kier alpha value is -2.47. The normalized spacial score (nSPS) is 10.2. The lowest BCUT2D eigenvalue weighted by atomic mass is 10.2. The fourth-order valence-corrected chi connectivity index (χ4v) is 1.70. The Balaban J connectivity index is 2.10. The summed E-state index contributed by atoms with van der Waals surface area (Å²) >= 11 is 0. The molecule has 19 heavy (non-hydrogen) atoms. The highest BCUT2D eigenvalue weighted by atomic mass is 16.6. The zero-order chi connectivity index (χ0) is 13.7. The molecule has 0 aliphatic heterocycles. The second kappa shape index (κ2) is 5.92. The van der Waals surface area contributed by atoms with Gasteiger partial charge in [-0.15, -0.1) is 0 Å². The first-order valence-electron chi connectivity index (χ1n) is 5.71. The fraction of sp³-hybridized carbons (Fsp3) is 0.154. The smallest absolute Gasteiger partial charge is 0.269 e. The molecular weight excluding hydrogens is 246 g/mol. The monoisotopic (exact) mass is 259 g/mol. The Labute approximate surface area is 109 Å². The Bertz CT molecular complexity index is 587. The molecule has 0 spiro atoms. The van der Waals surface area contributed by atoms with Crippen LogP contribution in [-0.2, 0) is 13.2 Å². The molecule has 2 aromatic rings. The summed E-state index contributed by atoms with van der Waals surface area (Å²) in [6, 6.07) is 8.13. The van der Waals surface area contributed by atoms with Gasteiger partial charge in [0, 0.05) is 30.4 Å². The van der Waals surface area contributed by atoms with Crippen molar-refractivity contribution in [1.29, 1.82) is 0 Å². The number of nitro groups is 1. The summed E-state index contributed by atoms with van der Waals surface area (Å²) in [5.41, 5.74) is 2.31. The van der Waals surface area contributed by atoms with Gasteiger partial charge in [0.25, 0.3) is 5.69 Å². The quantitative estimate of drug-likeness (QED) is 0.634. The van der Waals surface area contributed by atoms with Crippen LogP contribution in [0.25, 0.3) is 0 Å². The van der Waals surface area contributed by atoms with Crippen LogP contribution in [0.1, 0.15) is 11.1 Å². The van der Waals surface area contributed by atoms with E-state index in [9.17, 15) is 15.2 Å². The van der Waals surface area contributed by atoms with Crippen molar-refractivity contribution in [3.8, 4) is 0 Å².